The number of benzene rings is 1. The first-order valence-electron chi connectivity index (χ1n) is 8.77. The van der Waals surface area contributed by atoms with E-state index in [2.05, 4.69) is 63.2 Å². The molecule has 0 aromatic heterocycles. The van der Waals surface area contributed by atoms with Crippen molar-refractivity contribution in [1.29, 1.82) is 0 Å². The molecule has 0 unspecified atom stereocenters. The Kier molecular flexibility index (Phi) is 5.51. The summed E-state index contributed by atoms with van der Waals surface area (Å²) in [5, 5.41) is 3.49. The molecule has 0 atom stereocenters. The highest BCUT2D eigenvalue weighted by atomic mass is 15.3. The van der Waals surface area contributed by atoms with Crippen LogP contribution in [-0.2, 0) is 13.1 Å². The number of rotatable bonds is 5. The van der Waals surface area contributed by atoms with Crippen LogP contribution in [0.25, 0.3) is 0 Å². The van der Waals surface area contributed by atoms with E-state index in [9.17, 15) is 0 Å². The monoisotopic (exact) mass is 315 g/mol. The summed E-state index contributed by atoms with van der Waals surface area (Å²) < 4.78 is 0. The zero-order valence-corrected chi connectivity index (χ0v) is 14.5. The molecule has 0 radical (unpaired) electrons. The molecule has 0 spiro atoms. The van der Waals surface area contributed by atoms with Gasteiger partial charge in [-0.3, -0.25) is 9.89 Å². The molecule has 126 valence electrons. The smallest absolute Gasteiger partial charge is 0.194 e. The number of nitrogens with one attached hydrogen (secondary N) is 1. The van der Waals surface area contributed by atoms with Crippen molar-refractivity contribution in [1.82, 2.24) is 20.0 Å². The first-order chi connectivity index (χ1) is 11.3. The lowest BCUT2D eigenvalue weighted by molar-refractivity contribution is 0.131. The van der Waals surface area contributed by atoms with Crippen molar-refractivity contribution in [2.75, 3.05) is 52.9 Å². The van der Waals surface area contributed by atoms with Crippen molar-refractivity contribution >= 4 is 5.96 Å². The Morgan fingerprint density at radius 3 is 2.35 bits per heavy atom. The third-order valence-electron chi connectivity index (χ3n) is 4.92. The van der Waals surface area contributed by atoms with E-state index in [1.165, 1.54) is 43.9 Å². The van der Waals surface area contributed by atoms with Crippen molar-refractivity contribution in [3.8, 4) is 0 Å². The molecule has 1 aromatic rings. The predicted octanol–water partition coefficient (Wildman–Crippen LogP) is 1.22. The fourth-order valence-electron chi connectivity index (χ4n) is 3.29. The summed E-state index contributed by atoms with van der Waals surface area (Å²) in [5.41, 5.74) is 2.82. The van der Waals surface area contributed by atoms with Crippen LogP contribution in [0.1, 0.15) is 18.1 Å². The molecule has 0 bridgehead atoms. The van der Waals surface area contributed by atoms with E-state index in [4.69, 9.17) is 0 Å². The molecule has 23 heavy (non-hydrogen) atoms. The Morgan fingerprint density at radius 1 is 1.00 bits per heavy atom. The van der Waals surface area contributed by atoms with Gasteiger partial charge in [-0.25, -0.2) is 0 Å². The van der Waals surface area contributed by atoms with Gasteiger partial charge in [0.15, 0.2) is 5.96 Å². The molecule has 5 heteroatoms. The Labute approximate surface area is 140 Å². The van der Waals surface area contributed by atoms with E-state index in [0.29, 0.717) is 0 Å². The Morgan fingerprint density at radius 2 is 1.70 bits per heavy atom. The molecule has 5 nitrogen and oxygen atoms in total. The fraction of sp³-hybridized carbons (Fsp3) is 0.611. The molecule has 1 saturated heterocycles. The molecular formula is C18H29N5. The Bertz CT molecular complexity index is 534. The predicted molar refractivity (Wildman–Crippen MR) is 95.6 cm³/mol. The zero-order valence-electron chi connectivity index (χ0n) is 14.5. The highest BCUT2D eigenvalue weighted by Gasteiger charge is 2.17. The molecule has 1 aromatic carbocycles. The number of nitrogens with zero attached hydrogens (tertiary/aromatic N) is 4. The van der Waals surface area contributed by atoms with Gasteiger partial charge in [-0.05, 0) is 17.7 Å². The molecule has 0 saturated carbocycles. The van der Waals surface area contributed by atoms with E-state index < -0.39 is 0 Å². The second kappa shape index (κ2) is 7.79. The second-order valence-corrected chi connectivity index (χ2v) is 6.46. The molecule has 2 aliphatic rings. The number of aliphatic imine (C=N–C) groups is 1. The van der Waals surface area contributed by atoms with Gasteiger partial charge in [-0.15, -0.1) is 0 Å². The van der Waals surface area contributed by atoms with Crippen molar-refractivity contribution in [3.63, 3.8) is 0 Å². The maximum atomic E-state index is 4.51. The van der Waals surface area contributed by atoms with Gasteiger partial charge in [-0.2, -0.15) is 0 Å². The average molecular weight is 315 g/mol. The quantitative estimate of drug-likeness (QED) is 0.886. The van der Waals surface area contributed by atoms with Gasteiger partial charge in [-0.1, -0.05) is 31.2 Å². The molecular weight excluding hydrogens is 286 g/mol. The lowest BCUT2D eigenvalue weighted by Crippen LogP contribution is -2.45. The summed E-state index contributed by atoms with van der Waals surface area (Å²) in [6.45, 7) is 12.0. The maximum absolute atomic E-state index is 4.51. The van der Waals surface area contributed by atoms with E-state index in [-0.39, 0.29) is 0 Å². The first kappa shape index (κ1) is 16.3. The van der Waals surface area contributed by atoms with Crippen LogP contribution < -0.4 is 5.32 Å². The highest BCUT2D eigenvalue weighted by Crippen LogP contribution is 2.14. The van der Waals surface area contributed by atoms with Crippen LogP contribution in [-0.4, -0.2) is 73.5 Å². The van der Waals surface area contributed by atoms with Gasteiger partial charge in [0.2, 0.25) is 0 Å². The van der Waals surface area contributed by atoms with Crippen molar-refractivity contribution in [2.24, 2.45) is 4.99 Å². The lowest BCUT2D eigenvalue weighted by atomic mass is 10.1. The summed E-state index contributed by atoms with van der Waals surface area (Å²) in [7, 11) is 2.10. The Hall–Kier alpha value is -1.59. The summed E-state index contributed by atoms with van der Waals surface area (Å²) in [4.78, 5) is 11.8. The van der Waals surface area contributed by atoms with Crippen LogP contribution in [0.2, 0.25) is 0 Å². The average Bonchev–Trinajstić information content (AvgIpc) is 3.00. The molecule has 2 aliphatic heterocycles. The number of likely N-dealkylation sites (N-methyl/N-ethyl adjacent to an activating group) is 2. The highest BCUT2D eigenvalue weighted by molar-refractivity contribution is 5.81. The zero-order chi connectivity index (χ0) is 16.1. The minimum Gasteiger partial charge on any atom is -0.352 e. The van der Waals surface area contributed by atoms with Crippen LogP contribution in [0.4, 0.5) is 0 Å². The van der Waals surface area contributed by atoms with Crippen molar-refractivity contribution < 1.29 is 0 Å². The van der Waals surface area contributed by atoms with Gasteiger partial charge < -0.3 is 15.1 Å². The van der Waals surface area contributed by atoms with E-state index in [1.807, 2.05) is 0 Å². The molecule has 3 rings (SSSR count). The largest absolute Gasteiger partial charge is 0.352 e. The van der Waals surface area contributed by atoms with Crippen LogP contribution in [0.5, 0.6) is 0 Å². The summed E-state index contributed by atoms with van der Waals surface area (Å²) >= 11 is 0. The maximum Gasteiger partial charge on any atom is 0.194 e. The van der Waals surface area contributed by atoms with Crippen LogP contribution in [0.15, 0.2) is 29.3 Å². The minimum atomic E-state index is 0.855. The number of hydrogen-bond acceptors (Lipinski definition) is 5. The minimum absolute atomic E-state index is 0.855. The van der Waals surface area contributed by atoms with Gasteiger partial charge in [0, 0.05) is 52.9 Å². The van der Waals surface area contributed by atoms with E-state index >= 15 is 0 Å². The van der Waals surface area contributed by atoms with E-state index in [1.54, 1.807) is 0 Å². The van der Waals surface area contributed by atoms with Gasteiger partial charge in [0.25, 0.3) is 0 Å². The molecule has 1 N–H and O–H groups in total. The Balaban J connectivity index is 1.57. The third-order valence-corrected chi connectivity index (χ3v) is 4.92. The second-order valence-electron chi connectivity index (χ2n) is 6.46. The number of piperazine rings is 1. The fourth-order valence-corrected chi connectivity index (χ4v) is 3.29. The summed E-state index contributed by atoms with van der Waals surface area (Å²) in [6, 6.07) is 8.79. The van der Waals surface area contributed by atoms with Gasteiger partial charge in [0.1, 0.15) is 0 Å². The molecule has 1 fully saturated rings. The molecule has 2 heterocycles. The third kappa shape index (κ3) is 4.24. The first-order valence-corrected chi connectivity index (χ1v) is 8.77. The van der Waals surface area contributed by atoms with Crippen LogP contribution in [0.3, 0.4) is 0 Å². The molecule has 0 amide bonds. The normalized spacial score (nSPS) is 19.9. The van der Waals surface area contributed by atoms with Gasteiger partial charge in [0.05, 0.1) is 6.54 Å². The number of hydrogen-bond donors (Lipinski definition) is 1. The summed E-state index contributed by atoms with van der Waals surface area (Å²) in [6.07, 6.45) is 0. The SMILES string of the molecule is CCN1CCN(Cc2ccccc2CNC2=NCCN2C)CC1. The summed E-state index contributed by atoms with van der Waals surface area (Å²) in [5.74, 6) is 1.02. The molecule has 0 aliphatic carbocycles. The number of guanidine groups is 1. The standard InChI is InChI=1S/C18H29N5/c1-3-22-10-12-23(13-11-22)15-17-7-5-4-6-16(17)14-20-18-19-8-9-21(18)2/h4-7H,3,8-15H2,1-2H3,(H,19,20). The van der Waals surface area contributed by atoms with Gasteiger partial charge >= 0.3 is 0 Å². The van der Waals surface area contributed by atoms with Crippen molar-refractivity contribution in [3.05, 3.63) is 35.4 Å². The van der Waals surface area contributed by atoms with E-state index in [0.717, 1.165) is 32.1 Å². The lowest BCUT2D eigenvalue weighted by Gasteiger charge is -2.34. The van der Waals surface area contributed by atoms with Crippen LogP contribution in [0, 0.1) is 0 Å². The van der Waals surface area contributed by atoms with Crippen LogP contribution >= 0.6 is 0 Å². The topological polar surface area (TPSA) is 34.1 Å². The van der Waals surface area contributed by atoms with Crippen molar-refractivity contribution in [2.45, 2.75) is 20.0 Å².